The molecule has 82 valence electrons. The third-order valence-corrected chi connectivity index (χ3v) is 1.97. The molecule has 0 aromatic heterocycles. The van der Waals surface area contributed by atoms with E-state index in [1.54, 1.807) is 0 Å². The second-order valence-electron chi connectivity index (χ2n) is 3.42. The average Bonchev–Trinajstić information content (AvgIpc) is 2.15. The molecule has 0 unspecified atom stereocenters. The highest BCUT2D eigenvalue weighted by molar-refractivity contribution is 5.65. The lowest BCUT2D eigenvalue weighted by atomic mass is 10.1. The van der Waals surface area contributed by atoms with E-state index in [0.717, 1.165) is 19.3 Å². The molecule has 0 atom stereocenters. The molecule has 0 spiro atoms. The van der Waals surface area contributed by atoms with Crippen molar-refractivity contribution in [3.05, 3.63) is 12.2 Å². The minimum Gasteiger partial charge on any atom is -0.466 e. The van der Waals surface area contributed by atoms with Gasteiger partial charge < -0.3 is 4.74 Å². The fraction of sp³-hybridized carbons (Fsp3) is 0.750. The number of carbonyl (C=O) groups is 1. The Bertz CT molecular complexity index is 162. The topological polar surface area (TPSA) is 26.3 Å². The van der Waals surface area contributed by atoms with Crippen LogP contribution in [0.25, 0.3) is 0 Å². The molecule has 0 N–H and O–H groups in total. The lowest BCUT2D eigenvalue weighted by Gasteiger charge is -2.00. The largest absolute Gasteiger partial charge is 0.466 e. The van der Waals surface area contributed by atoms with Gasteiger partial charge in [0.25, 0.3) is 0 Å². The molecule has 14 heavy (non-hydrogen) atoms. The zero-order chi connectivity index (χ0) is 10.6. The van der Waals surface area contributed by atoms with Crippen LogP contribution in [0.1, 0.15) is 52.4 Å². The number of hydrogen-bond acceptors (Lipinski definition) is 2. The highest BCUT2D eigenvalue weighted by Gasteiger charge is 1.92. The Labute approximate surface area is 87.3 Å². The van der Waals surface area contributed by atoms with E-state index >= 15 is 0 Å². The molecule has 0 amide bonds. The van der Waals surface area contributed by atoms with E-state index in [9.17, 15) is 4.79 Å². The number of esters is 1. The number of rotatable bonds is 8. The van der Waals surface area contributed by atoms with Gasteiger partial charge in [0.05, 0.1) is 6.61 Å². The molecule has 0 heterocycles. The van der Waals surface area contributed by atoms with Crippen molar-refractivity contribution in [2.75, 3.05) is 6.61 Å². The average molecular weight is 198 g/mol. The van der Waals surface area contributed by atoms with Crippen molar-refractivity contribution < 1.29 is 9.53 Å². The van der Waals surface area contributed by atoms with E-state index in [-0.39, 0.29) is 5.97 Å². The van der Waals surface area contributed by atoms with E-state index in [4.69, 9.17) is 4.74 Å². The monoisotopic (exact) mass is 198 g/mol. The molecule has 0 aromatic carbocycles. The highest BCUT2D eigenvalue weighted by atomic mass is 16.5. The standard InChI is InChI=1S/C12H22O2/c1-3-4-5-6-7-8-9-10-11-14-12(2)13/h4-5H,3,6-11H2,1-2H3/b5-4-. The van der Waals surface area contributed by atoms with Gasteiger partial charge in [-0.3, -0.25) is 4.79 Å². The second kappa shape index (κ2) is 10.3. The smallest absolute Gasteiger partial charge is 0.302 e. The Kier molecular flexibility index (Phi) is 9.71. The lowest BCUT2D eigenvalue weighted by Crippen LogP contribution is -1.99. The molecule has 0 bridgehead atoms. The number of allylic oxidation sites excluding steroid dienone is 2. The van der Waals surface area contributed by atoms with Gasteiger partial charge in [-0.25, -0.2) is 0 Å². The van der Waals surface area contributed by atoms with Crippen molar-refractivity contribution >= 4 is 5.97 Å². The first kappa shape index (κ1) is 13.2. The molecular formula is C12H22O2. The van der Waals surface area contributed by atoms with Gasteiger partial charge in [-0.05, 0) is 25.7 Å². The first-order valence-corrected chi connectivity index (χ1v) is 5.55. The summed E-state index contributed by atoms with van der Waals surface area (Å²) in [6.45, 7) is 4.19. The van der Waals surface area contributed by atoms with Crippen molar-refractivity contribution in [1.29, 1.82) is 0 Å². The first-order chi connectivity index (χ1) is 6.77. The van der Waals surface area contributed by atoms with Crippen molar-refractivity contribution in [2.45, 2.75) is 52.4 Å². The summed E-state index contributed by atoms with van der Waals surface area (Å²) in [5.74, 6) is -0.170. The molecular weight excluding hydrogens is 176 g/mol. The van der Waals surface area contributed by atoms with Gasteiger partial charge >= 0.3 is 5.97 Å². The third-order valence-electron chi connectivity index (χ3n) is 1.97. The van der Waals surface area contributed by atoms with Crippen LogP contribution in [0.15, 0.2) is 12.2 Å². The Hall–Kier alpha value is -0.790. The summed E-state index contributed by atoms with van der Waals surface area (Å²) < 4.78 is 4.83. The van der Waals surface area contributed by atoms with Crippen LogP contribution < -0.4 is 0 Å². The number of carbonyl (C=O) groups excluding carboxylic acids is 1. The summed E-state index contributed by atoms with van der Waals surface area (Å²) in [5.41, 5.74) is 0. The molecule has 0 saturated heterocycles. The summed E-state index contributed by atoms with van der Waals surface area (Å²) >= 11 is 0. The van der Waals surface area contributed by atoms with Gasteiger partial charge in [0.1, 0.15) is 0 Å². The fourth-order valence-electron chi connectivity index (χ4n) is 1.22. The van der Waals surface area contributed by atoms with Crippen molar-refractivity contribution in [3.8, 4) is 0 Å². The second-order valence-corrected chi connectivity index (χ2v) is 3.42. The van der Waals surface area contributed by atoms with Gasteiger partial charge in [-0.15, -0.1) is 0 Å². The number of hydrogen-bond donors (Lipinski definition) is 0. The summed E-state index contributed by atoms with van der Waals surface area (Å²) in [5, 5.41) is 0. The van der Waals surface area contributed by atoms with Crippen LogP contribution in [0, 0.1) is 0 Å². The van der Waals surface area contributed by atoms with E-state index in [1.807, 2.05) is 0 Å². The van der Waals surface area contributed by atoms with Crippen LogP contribution in [-0.2, 0) is 9.53 Å². The molecule has 0 aliphatic heterocycles. The van der Waals surface area contributed by atoms with E-state index in [2.05, 4.69) is 19.1 Å². The van der Waals surface area contributed by atoms with Crippen LogP contribution in [-0.4, -0.2) is 12.6 Å². The van der Waals surface area contributed by atoms with Crippen molar-refractivity contribution in [1.82, 2.24) is 0 Å². The Morgan fingerprint density at radius 1 is 1.14 bits per heavy atom. The number of unbranched alkanes of at least 4 members (excludes halogenated alkanes) is 4. The van der Waals surface area contributed by atoms with Gasteiger partial charge in [0.2, 0.25) is 0 Å². The zero-order valence-corrected chi connectivity index (χ0v) is 9.42. The van der Waals surface area contributed by atoms with E-state index in [1.165, 1.54) is 26.2 Å². The van der Waals surface area contributed by atoms with Gasteiger partial charge in [0.15, 0.2) is 0 Å². The van der Waals surface area contributed by atoms with Gasteiger partial charge in [-0.2, -0.15) is 0 Å². The maximum atomic E-state index is 10.4. The summed E-state index contributed by atoms with van der Waals surface area (Å²) in [6.07, 6.45) is 11.4. The fourth-order valence-corrected chi connectivity index (χ4v) is 1.22. The Morgan fingerprint density at radius 2 is 1.86 bits per heavy atom. The van der Waals surface area contributed by atoms with Crippen LogP contribution in [0.2, 0.25) is 0 Å². The molecule has 0 aliphatic carbocycles. The maximum Gasteiger partial charge on any atom is 0.302 e. The van der Waals surface area contributed by atoms with Crippen molar-refractivity contribution in [2.24, 2.45) is 0 Å². The summed E-state index contributed by atoms with van der Waals surface area (Å²) in [4.78, 5) is 10.4. The minimum absolute atomic E-state index is 0.170. The maximum absolute atomic E-state index is 10.4. The predicted molar refractivity (Wildman–Crippen MR) is 59.1 cm³/mol. The van der Waals surface area contributed by atoms with E-state index < -0.39 is 0 Å². The normalized spacial score (nSPS) is 10.7. The third kappa shape index (κ3) is 11.2. The zero-order valence-electron chi connectivity index (χ0n) is 9.42. The van der Waals surface area contributed by atoms with Crippen LogP contribution in [0.4, 0.5) is 0 Å². The van der Waals surface area contributed by atoms with Crippen molar-refractivity contribution in [3.63, 3.8) is 0 Å². The van der Waals surface area contributed by atoms with E-state index in [0.29, 0.717) is 6.61 Å². The lowest BCUT2D eigenvalue weighted by molar-refractivity contribution is -0.141. The minimum atomic E-state index is -0.170. The van der Waals surface area contributed by atoms with Crippen LogP contribution in [0.3, 0.4) is 0 Å². The molecule has 0 aliphatic rings. The number of ether oxygens (including phenoxy) is 1. The molecule has 0 radical (unpaired) electrons. The molecule has 2 heteroatoms. The predicted octanol–water partition coefficient (Wildman–Crippen LogP) is 3.47. The first-order valence-electron chi connectivity index (χ1n) is 5.55. The van der Waals surface area contributed by atoms with Crippen LogP contribution >= 0.6 is 0 Å². The van der Waals surface area contributed by atoms with Gasteiger partial charge in [-0.1, -0.05) is 31.9 Å². The molecule has 0 fully saturated rings. The van der Waals surface area contributed by atoms with Crippen LogP contribution in [0.5, 0.6) is 0 Å². The SMILES string of the molecule is CC/C=C\CCCCCCOC(C)=O. The van der Waals surface area contributed by atoms with Gasteiger partial charge in [0, 0.05) is 6.92 Å². The molecule has 2 nitrogen and oxygen atoms in total. The molecule has 0 rings (SSSR count). The Morgan fingerprint density at radius 3 is 2.50 bits per heavy atom. The Balaban J connectivity index is 2.99. The molecule has 0 saturated carbocycles. The summed E-state index contributed by atoms with van der Waals surface area (Å²) in [6, 6.07) is 0. The molecule has 0 aromatic rings. The summed E-state index contributed by atoms with van der Waals surface area (Å²) in [7, 11) is 0. The quantitative estimate of drug-likeness (QED) is 0.339. The highest BCUT2D eigenvalue weighted by Crippen LogP contribution is 2.04.